The summed E-state index contributed by atoms with van der Waals surface area (Å²) in [6.07, 6.45) is 4.11. The molecule has 1 aromatic rings. The number of piperidine rings is 1. The summed E-state index contributed by atoms with van der Waals surface area (Å²) >= 11 is 1.76. The van der Waals surface area contributed by atoms with E-state index in [-0.39, 0.29) is 0 Å². The quantitative estimate of drug-likeness (QED) is 0.625. The Kier molecular flexibility index (Phi) is 6.88. The summed E-state index contributed by atoms with van der Waals surface area (Å²) in [6, 6.07) is 4.21. The van der Waals surface area contributed by atoms with Crippen molar-refractivity contribution < 1.29 is 0 Å². The third-order valence-corrected chi connectivity index (χ3v) is 4.35. The van der Waals surface area contributed by atoms with Gasteiger partial charge in [0.05, 0.1) is 6.54 Å². The van der Waals surface area contributed by atoms with Crippen molar-refractivity contribution in [2.45, 2.75) is 32.7 Å². The van der Waals surface area contributed by atoms with E-state index in [1.807, 2.05) is 0 Å². The molecule has 0 atom stereocenters. The summed E-state index contributed by atoms with van der Waals surface area (Å²) < 4.78 is 0. The third kappa shape index (κ3) is 5.51. The summed E-state index contributed by atoms with van der Waals surface area (Å²) in [4.78, 5) is 8.47. The summed E-state index contributed by atoms with van der Waals surface area (Å²) in [7, 11) is 0. The van der Waals surface area contributed by atoms with Crippen molar-refractivity contribution in [1.29, 1.82) is 0 Å². The van der Waals surface area contributed by atoms with Crippen LogP contribution >= 0.6 is 11.3 Å². The molecule has 20 heavy (non-hydrogen) atoms. The van der Waals surface area contributed by atoms with Crippen molar-refractivity contribution in [3.05, 3.63) is 22.4 Å². The van der Waals surface area contributed by atoms with Crippen molar-refractivity contribution in [3.8, 4) is 0 Å². The molecule has 0 aliphatic carbocycles. The molecule has 2 rings (SSSR count). The highest BCUT2D eigenvalue weighted by Gasteiger charge is 2.09. The lowest BCUT2D eigenvalue weighted by atomic mass is 10.1. The second kappa shape index (κ2) is 8.97. The molecule has 0 unspecified atom stereocenters. The molecule has 0 saturated carbocycles. The molecule has 0 aromatic carbocycles. The third-order valence-electron chi connectivity index (χ3n) is 3.49. The van der Waals surface area contributed by atoms with E-state index in [1.54, 1.807) is 11.3 Å². The maximum Gasteiger partial charge on any atom is 0.191 e. The van der Waals surface area contributed by atoms with E-state index in [0.29, 0.717) is 0 Å². The van der Waals surface area contributed by atoms with Crippen LogP contribution < -0.4 is 10.6 Å². The molecule has 0 spiro atoms. The Bertz CT molecular complexity index is 383. The molecule has 0 amide bonds. The smallest absolute Gasteiger partial charge is 0.191 e. The van der Waals surface area contributed by atoms with Crippen LogP contribution in [0.1, 0.15) is 31.1 Å². The fourth-order valence-corrected chi connectivity index (χ4v) is 3.04. The molecule has 1 aliphatic heterocycles. The van der Waals surface area contributed by atoms with E-state index in [1.165, 1.54) is 37.2 Å². The first-order chi connectivity index (χ1) is 9.88. The molecule has 1 saturated heterocycles. The summed E-state index contributed by atoms with van der Waals surface area (Å²) in [6.45, 7) is 8.36. The Morgan fingerprint density at radius 2 is 2.15 bits per heavy atom. The molecule has 2 heterocycles. The largest absolute Gasteiger partial charge is 0.357 e. The standard InChI is InChI=1S/C15H26N4S/c1-2-16-15(18-13-14-7-6-12-20-14)17-8-11-19-9-4-3-5-10-19/h6-7,12H,2-5,8-11,13H2,1H3,(H2,16,17,18). The Morgan fingerprint density at radius 1 is 1.30 bits per heavy atom. The second-order valence-corrected chi connectivity index (χ2v) is 6.14. The predicted molar refractivity (Wildman–Crippen MR) is 87.4 cm³/mol. The van der Waals surface area contributed by atoms with Gasteiger partial charge < -0.3 is 15.5 Å². The van der Waals surface area contributed by atoms with Gasteiger partial charge in [0.2, 0.25) is 0 Å². The van der Waals surface area contributed by atoms with Crippen molar-refractivity contribution in [3.63, 3.8) is 0 Å². The maximum atomic E-state index is 4.62. The van der Waals surface area contributed by atoms with Gasteiger partial charge in [0, 0.05) is 24.5 Å². The minimum atomic E-state index is 0.761. The number of nitrogens with zero attached hydrogens (tertiary/aromatic N) is 2. The fourth-order valence-electron chi connectivity index (χ4n) is 2.42. The zero-order valence-electron chi connectivity index (χ0n) is 12.4. The molecule has 0 radical (unpaired) electrons. The lowest BCUT2D eigenvalue weighted by Crippen LogP contribution is -2.42. The van der Waals surface area contributed by atoms with E-state index >= 15 is 0 Å². The zero-order chi connectivity index (χ0) is 14.0. The Labute approximate surface area is 126 Å². The number of guanidine groups is 1. The van der Waals surface area contributed by atoms with Gasteiger partial charge in [-0.3, -0.25) is 0 Å². The van der Waals surface area contributed by atoms with Crippen molar-refractivity contribution >= 4 is 17.3 Å². The SMILES string of the molecule is CCNC(=NCc1cccs1)NCCN1CCCCC1. The lowest BCUT2D eigenvalue weighted by Gasteiger charge is -2.26. The topological polar surface area (TPSA) is 39.7 Å². The van der Waals surface area contributed by atoms with Crippen LogP contribution in [0.4, 0.5) is 0 Å². The molecule has 5 heteroatoms. The van der Waals surface area contributed by atoms with E-state index in [2.05, 4.69) is 45.0 Å². The van der Waals surface area contributed by atoms with Gasteiger partial charge in [-0.1, -0.05) is 12.5 Å². The van der Waals surface area contributed by atoms with E-state index in [4.69, 9.17) is 0 Å². The van der Waals surface area contributed by atoms with Gasteiger partial charge in [0.1, 0.15) is 0 Å². The van der Waals surface area contributed by atoms with Gasteiger partial charge in [-0.2, -0.15) is 0 Å². The summed E-state index contributed by atoms with van der Waals surface area (Å²) in [5.74, 6) is 0.929. The Hall–Kier alpha value is -1.07. The Balaban J connectivity index is 1.72. The highest BCUT2D eigenvalue weighted by molar-refractivity contribution is 7.09. The number of hydrogen-bond acceptors (Lipinski definition) is 3. The molecule has 2 N–H and O–H groups in total. The van der Waals surface area contributed by atoms with E-state index in [0.717, 1.165) is 32.1 Å². The van der Waals surface area contributed by atoms with Gasteiger partial charge in [-0.15, -0.1) is 11.3 Å². The number of hydrogen-bond donors (Lipinski definition) is 2. The van der Waals surface area contributed by atoms with Gasteiger partial charge in [-0.05, 0) is 44.3 Å². The van der Waals surface area contributed by atoms with E-state index < -0.39 is 0 Å². The fraction of sp³-hybridized carbons (Fsp3) is 0.667. The molecule has 112 valence electrons. The molecule has 1 aliphatic rings. The van der Waals surface area contributed by atoms with Crippen LogP contribution in [0, 0.1) is 0 Å². The lowest BCUT2D eigenvalue weighted by molar-refractivity contribution is 0.232. The van der Waals surface area contributed by atoms with Crippen LogP contribution in [0.25, 0.3) is 0 Å². The summed E-state index contributed by atoms with van der Waals surface area (Å²) in [5.41, 5.74) is 0. The van der Waals surface area contributed by atoms with Gasteiger partial charge >= 0.3 is 0 Å². The van der Waals surface area contributed by atoms with Crippen LogP contribution in [0.5, 0.6) is 0 Å². The van der Waals surface area contributed by atoms with Crippen molar-refractivity contribution in [1.82, 2.24) is 15.5 Å². The van der Waals surface area contributed by atoms with Crippen LogP contribution in [0.15, 0.2) is 22.5 Å². The van der Waals surface area contributed by atoms with Crippen molar-refractivity contribution in [2.75, 3.05) is 32.7 Å². The summed E-state index contributed by atoms with van der Waals surface area (Å²) in [5, 5.41) is 8.84. The van der Waals surface area contributed by atoms with Crippen LogP contribution in [0.3, 0.4) is 0 Å². The van der Waals surface area contributed by atoms with E-state index in [9.17, 15) is 0 Å². The minimum absolute atomic E-state index is 0.761. The highest BCUT2D eigenvalue weighted by atomic mass is 32.1. The van der Waals surface area contributed by atoms with Crippen LogP contribution in [-0.4, -0.2) is 43.6 Å². The van der Waals surface area contributed by atoms with Gasteiger partial charge in [0.15, 0.2) is 5.96 Å². The zero-order valence-corrected chi connectivity index (χ0v) is 13.2. The minimum Gasteiger partial charge on any atom is -0.357 e. The molecule has 4 nitrogen and oxygen atoms in total. The average Bonchev–Trinajstić information content (AvgIpc) is 2.99. The normalized spacial score (nSPS) is 17.1. The average molecular weight is 294 g/mol. The first kappa shape index (κ1) is 15.3. The first-order valence-corrected chi connectivity index (χ1v) is 8.53. The van der Waals surface area contributed by atoms with Crippen LogP contribution in [0.2, 0.25) is 0 Å². The number of thiophene rings is 1. The highest BCUT2D eigenvalue weighted by Crippen LogP contribution is 2.09. The number of aliphatic imine (C=N–C) groups is 1. The number of rotatable bonds is 6. The predicted octanol–water partition coefficient (Wildman–Crippen LogP) is 2.29. The molecular weight excluding hydrogens is 268 g/mol. The number of likely N-dealkylation sites (tertiary alicyclic amines) is 1. The van der Waals surface area contributed by atoms with Gasteiger partial charge in [0.25, 0.3) is 0 Å². The maximum absolute atomic E-state index is 4.62. The molecule has 0 bridgehead atoms. The molecule has 1 aromatic heterocycles. The first-order valence-electron chi connectivity index (χ1n) is 7.65. The number of nitrogens with one attached hydrogen (secondary N) is 2. The van der Waals surface area contributed by atoms with Crippen LogP contribution in [-0.2, 0) is 6.54 Å². The van der Waals surface area contributed by atoms with Gasteiger partial charge in [-0.25, -0.2) is 4.99 Å². The second-order valence-electron chi connectivity index (χ2n) is 5.10. The molecular formula is C15H26N4S. The monoisotopic (exact) mass is 294 g/mol. The Morgan fingerprint density at radius 3 is 2.85 bits per heavy atom. The molecule has 1 fully saturated rings. The van der Waals surface area contributed by atoms with Crippen molar-refractivity contribution in [2.24, 2.45) is 4.99 Å².